The lowest BCUT2D eigenvalue weighted by Crippen LogP contribution is -2.41. The maximum Gasteiger partial charge on any atom is 0.0590 e. The summed E-state index contributed by atoms with van der Waals surface area (Å²) in [6, 6.07) is 0.721. The van der Waals surface area contributed by atoms with Crippen molar-refractivity contribution in [3.63, 3.8) is 0 Å². The molecule has 1 aliphatic carbocycles. The first-order chi connectivity index (χ1) is 7.25. The van der Waals surface area contributed by atoms with Crippen LogP contribution in [0.4, 0.5) is 0 Å². The summed E-state index contributed by atoms with van der Waals surface area (Å²) in [7, 11) is 0. The van der Waals surface area contributed by atoms with Crippen molar-refractivity contribution in [2.45, 2.75) is 52.5 Å². The second kappa shape index (κ2) is 7.24. The molecule has 1 aliphatic rings. The van der Waals surface area contributed by atoms with Gasteiger partial charge in [-0.3, -0.25) is 0 Å². The normalized spacial score (nSPS) is 31.8. The molecule has 0 bridgehead atoms. The molecule has 15 heavy (non-hydrogen) atoms. The molecule has 0 aromatic carbocycles. The van der Waals surface area contributed by atoms with Crippen molar-refractivity contribution in [3.8, 4) is 0 Å². The van der Waals surface area contributed by atoms with Gasteiger partial charge in [0.2, 0.25) is 0 Å². The van der Waals surface area contributed by atoms with Crippen molar-refractivity contribution in [2.24, 2.45) is 11.8 Å². The van der Waals surface area contributed by atoms with E-state index in [9.17, 15) is 0 Å². The standard InChI is InChI=1S/C13H27NO/c1-4-9-15-10-8-14-13-7-5-6-11(2)12(13)3/h11-14H,4-10H2,1-3H3. The SMILES string of the molecule is CCCOCCNC1CCCC(C)C1C. The van der Waals surface area contributed by atoms with Crippen LogP contribution in [0.3, 0.4) is 0 Å². The molecule has 3 atom stereocenters. The summed E-state index contributed by atoms with van der Waals surface area (Å²) >= 11 is 0. The largest absolute Gasteiger partial charge is 0.380 e. The Hall–Kier alpha value is -0.0800. The van der Waals surface area contributed by atoms with Crippen molar-refractivity contribution in [3.05, 3.63) is 0 Å². The third-order valence-corrected chi connectivity index (χ3v) is 3.71. The molecular weight excluding hydrogens is 186 g/mol. The minimum Gasteiger partial charge on any atom is -0.380 e. The van der Waals surface area contributed by atoms with Crippen LogP contribution >= 0.6 is 0 Å². The topological polar surface area (TPSA) is 21.3 Å². The molecule has 1 N–H and O–H groups in total. The molecule has 0 aromatic rings. The molecule has 0 radical (unpaired) electrons. The highest BCUT2D eigenvalue weighted by Gasteiger charge is 2.26. The summed E-state index contributed by atoms with van der Waals surface area (Å²) in [4.78, 5) is 0. The van der Waals surface area contributed by atoms with Crippen LogP contribution < -0.4 is 5.32 Å². The Morgan fingerprint density at radius 2 is 2.00 bits per heavy atom. The monoisotopic (exact) mass is 213 g/mol. The summed E-state index contributed by atoms with van der Waals surface area (Å²) in [5.41, 5.74) is 0. The van der Waals surface area contributed by atoms with Crippen molar-refractivity contribution in [2.75, 3.05) is 19.8 Å². The summed E-state index contributed by atoms with van der Waals surface area (Å²) in [5.74, 6) is 1.71. The van der Waals surface area contributed by atoms with Gasteiger partial charge in [-0.25, -0.2) is 0 Å². The van der Waals surface area contributed by atoms with Gasteiger partial charge in [-0.2, -0.15) is 0 Å². The first-order valence-electron chi connectivity index (χ1n) is 6.56. The predicted octanol–water partition coefficient (Wildman–Crippen LogP) is 2.83. The third-order valence-electron chi connectivity index (χ3n) is 3.71. The molecule has 0 amide bonds. The highest BCUT2D eigenvalue weighted by molar-refractivity contribution is 4.81. The van der Waals surface area contributed by atoms with Gasteiger partial charge in [0.1, 0.15) is 0 Å². The zero-order valence-electron chi connectivity index (χ0n) is 10.6. The fraction of sp³-hybridized carbons (Fsp3) is 1.00. The minimum atomic E-state index is 0.721. The molecule has 0 aromatic heterocycles. The summed E-state index contributed by atoms with van der Waals surface area (Å²) in [6.07, 6.45) is 5.26. The maximum absolute atomic E-state index is 5.47. The van der Waals surface area contributed by atoms with Gasteiger partial charge in [0, 0.05) is 19.2 Å². The lowest BCUT2D eigenvalue weighted by molar-refractivity contribution is 0.125. The molecule has 0 heterocycles. The summed E-state index contributed by atoms with van der Waals surface area (Å²) in [5, 5.41) is 3.64. The number of hydrogen-bond donors (Lipinski definition) is 1. The average molecular weight is 213 g/mol. The Morgan fingerprint density at radius 3 is 2.73 bits per heavy atom. The molecule has 2 nitrogen and oxygen atoms in total. The molecule has 1 rings (SSSR count). The highest BCUT2D eigenvalue weighted by atomic mass is 16.5. The smallest absolute Gasteiger partial charge is 0.0590 e. The third kappa shape index (κ3) is 4.52. The molecule has 0 saturated heterocycles. The molecule has 1 saturated carbocycles. The molecular formula is C13H27NO. The number of nitrogens with one attached hydrogen (secondary N) is 1. The van der Waals surface area contributed by atoms with Gasteiger partial charge >= 0.3 is 0 Å². The van der Waals surface area contributed by atoms with Crippen LogP contribution in [0.25, 0.3) is 0 Å². The van der Waals surface area contributed by atoms with Crippen molar-refractivity contribution in [1.29, 1.82) is 0 Å². The Kier molecular flexibility index (Phi) is 6.26. The Balaban J connectivity index is 2.09. The van der Waals surface area contributed by atoms with E-state index < -0.39 is 0 Å². The minimum absolute atomic E-state index is 0.721. The van der Waals surface area contributed by atoms with Gasteiger partial charge in [0.25, 0.3) is 0 Å². The zero-order chi connectivity index (χ0) is 11.1. The van der Waals surface area contributed by atoms with Crippen LogP contribution in [-0.4, -0.2) is 25.8 Å². The van der Waals surface area contributed by atoms with Crippen molar-refractivity contribution >= 4 is 0 Å². The Bertz CT molecular complexity index is 161. The lowest BCUT2D eigenvalue weighted by Gasteiger charge is -2.34. The van der Waals surface area contributed by atoms with Crippen LogP contribution in [0.15, 0.2) is 0 Å². The van der Waals surface area contributed by atoms with Crippen LogP contribution in [-0.2, 0) is 4.74 Å². The van der Waals surface area contributed by atoms with Gasteiger partial charge in [0.05, 0.1) is 6.61 Å². The van der Waals surface area contributed by atoms with E-state index in [1.165, 1.54) is 19.3 Å². The summed E-state index contributed by atoms with van der Waals surface area (Å²) in [6.45, 7) is 9.70. The number of hydrogen-bond acceptors (Lipinski definition) is 2. The number of ether oxygens (including phenoxy) is 1. The van der Waals surface area contributed by atoms with E-state index in [1.54, 1.807) is 0 Å². The van der Waals surface area contributed by atoms with Crippen LogP contribution in [0, 0.1) is 11.8 Å². The van der Waals surface area contributed by atoms with E-state index in [1.807, 2.05) is 0 Å². The quantitative estimate of drug-likeness (QED) is 0.685. The Labute approximate surface area is 94.8 Å². The first kappa shape index (κ1) is 13.0. The van der Waals surface area contributed by atoms with Crippen LogP contribution in [0.1, 0.15) is 46.5 Å². The van der Waals surface area contributed by atoms with Gasteiger partial charge in [-0.1, -0.05) is 33.6 Å². The van der Waals surface area contributed by atoms with Crippen LogP contribution in [0.2, 0.25) is 0 Å². The average Bonchev–Trinajstić information content (AvgIpc) is 2.24. The van der Waals surface area contributed by atoms with Gasteiger partial charge < -0.3 is 10.1 Å². The van der Waals surface area contributed by atoms with E-state index in [4.69, 9.17) is 4.74 Å². The van der Waals surface area contributed by atoms with Gasteiger partial charge in [-0.05, 0) is 24.7 Å². The van der Waals surface area contributed by atoms with E-state index in [0.29, 0.717) is 0 Å². The fourth-order valence-electron chi connectivity index (χ4n) is 2.43. The zero-order valence-corrected chi connectivity index (χ0v) is 10.6. The first-order valence-corrected chi connectivity index (χ1v) is 6.56. The lowest BCUT2D eigenvalue weighted by atomic mass is 9.78. The van der Waals surface area contributed by atoms with Crippen molar-refractivity contribution in [1.82, 2.24) is 5.32 Å². The van der Waals surface area contributed by atoms with Crippen LogP contribution in [0.5, 0.6) is 0 Å². The van der Waals surface area contributed by atoms with E-state index >= 15 is 0 Å². The van der Waals surface area contributed by atoms with Crippen molar-refractivity contribution < 1.29 is 4.74 Å². The van der Waals surface area contributed by atoms with E-state index in [2.05, 4.69) is 26.1 Å². The second-order valence-electron chi connectivity index (χ2n) is 4.94. The number of rotatable bonds is 6. The van der Waals surface area contributed by atoms with E-state index in [-0.39, 0.29) is 0 Å². The molecule has 1 fully saturated rings. The molecule has 3 unspecified atom stereocenters. The predicted molar refractivity (Wildman–Crippen MR) is 65.1 cm³/mol. The van der Waals surface area contributed by atoms with Gasteiger partial charge in [0.15, 0.2) is 0 Å². The molecule has 2 heteroatoms. The maximum atomic E-state index is 5.47. The molecule has 0 aliphatic heterocycles. The fourth-order valence-corrected chi connectivity index (χ4v) is 2.43. The molecule has 0 spiro atoms. The van der Waals surface area contributed by atoms with Gasteiger partial charge in [-0.15, -0.1) is 0 Å². The molecule has 90 valence electrons. The highest BCUT2D eigenvalue weighted by Crippen LogP contribution is 2.29. The van der Waals surface area contributed by atoms with E-state index in [0.717, 1.165) is 44.1 Å². The second-order valence-corrected chi connectivity index (χ2v) is 4.94. The summed E-state index contributed by atoms with van der Waals surface area (Å²) < 4.78 is 5.47. The Morgan fingerprint density at radius 1 is 1.20 bits per heavy atom.